The van der Waals surface area contributed by atoms with Crippen LogP contribution in [0.1, 0.15) is 37.7 Å². The molecule has 0 atom stereocenters. The molecule has 1 fully saturated rings. The fraction of sp³-hybridized carbons (Fsp3) is 0.571. The van der Waals surface area contributed by atoms with Crippen LogP contribution in [-0.2, 0) is 10.2 Å². The number of hydrogen-bond donors (Lipinski definition) is 1. The van der Waals surface area contributed by atoms with E-state index in [-0.39, 0.29) is 5.41 Å². The van der Waals surface area contributed by atoms with Crippen molar-refractivity contribution in [3.05, 3.63) is 29.8 Å². The molecule has 0 saturated heterocycles. The molecule has 0 heterocycles. The van der Waals surface area contributed by atoms with Crippen LogP contribution in [0.4, 0.5) is 5.69 Å². The molecular formula is C14H21NO. The van der Waals surface area contributed by atoms with Gasteiger partial charge in [-0.05, 0) is 30.5 Å². The number of anilines is 1. The number of nitrogen functional groups attached to an aromatic ring is 1. The number of hydrogen-bond acceptors (Lipinski definition) is 2. The molecule has 2 heteroatoms. The smallest absolute Gasteiger partial charge is 0.0559 e. The first-order chi connectivity index (χ1) is 7.77. The van der Waals surface area contributed by atoms with Crippen LogP contribution in [0.5, 0.6) is 0 Å². The molecule has 0 aliphatic heterocycles. The Morgan fingerprint density at radius 1 is 1.12 bits per heavy atom. The average molecular weight is 219 g/mol. The minimum Gasteiger partial charge on any atom is -0.399 e. The zero-order valence-electron chi connectivity index (χ0n) is 10.0. The molecule has 0 radical (unpaired) electrons. The van der Waals surface area contributed by atoms with Crippen molar-refractivity contribution in [2.24, 2.45) is 0 Å². The monoisotopic (exact) mass is 219 g/mol. The number of methoxy groups -OCH3 is 1. The highest BCUT2D eigenvalue weighted by atomic mass is 16.5. The fourth-order valence-electron chi connectivity index (χ4n) is 2.86. The number of benzene rings is 1. The van der Waals surface area contributed by atoms with E-state index in [1.165, 1.54) is 37.7 Å². The van der Waals surface area contributed by atoms with Crippen LogP contribution in [0.3, 0.4) is 0 Å². The Hall–Kier alpha value is -1.02. The quantitative estimate of drug-likeness (QED) is 0.793. The Morgan fingerprint density at radius 2 is 1.75 bits per heavy atom. The van der Waals surface area contributed by atoms with E-state index in [2.05, 4.69) is 12.1 Å². The van der Waals surface area contributed by atoms with Gasteiger partial charge in [-0.15, -0.1) is 0 Å². The van der Waals surface area contributed by atoms with E-state index in [4.69, 9.17) is 10.5 Å². The van der Waals surface area contributed by atoms with E-state index in [0.717, 1.165) is 12.3 Å². The number of nitrogens with two attached hydrogens (primary N) is 1. The van der Waals surface area contributed by atoms with E-state index in [1.54, 1.807) is 7.11 Å². The molecule has 1 aliphatic rings. The highest BCUT2D eigenvalue weighted by Gasteiger charge is 2.33. The van der Waals surface area contributed by atoms with Gasteiger partial charge in [0.1, 0.15) is 0 Å². The lowest BCUT2D eigenvalue weighted by atomic mass is 9.70. The Balaban J connectivity index is 2.26. The van der Waals surface area contributed by atoms with Crippen LogP contribution in [0, 0.1) is 0 Å². The third kappa shape index (κ3) is 2.22. The molecule has 0 unspecified atom stereocenters. The van der Waals surface area contributed by atoms with Crippen molar-refractivity contribution in [3.63, 3.8) is 0 Å². The van der Waals surface area contributed by atoms with Crippen LogP contribution in [-0.4, -0.2) is 13.7 Å². The second kappa shape index (κ2) is 4.88. The summed E-state index contributed by atoms with van der Waals surface area (Å²) in [6, 6.07) is 8.34. The highest BCUT2D eigenvalue weighted by molar-refractivity contribution is 5.41. The van der Waals surface area contributed by atoms with Crippen LogP contribution in [0.2, 0.25) is 0 Å². The Labute approximate surface area is 97.8 Å². The lowest BCUT2D eigenvalue weighted by Gasteiger charge is -2.37. The van der Waals surface area contributed by atoms with E-state index in [9.17, 15) is 0 Å². The molecule has 0 aromatic heterocycles. The second-order valence-electron chi connectivity index (χ2n) is 4.90. The van der Waals surface area contributed by atoms with Gasteiger partial charge in [-0.2, -0.15) is 0 Å². The van der Waals surface area contributed by atoms with Crippen molar-refractivity contribution in [2.75, 3.05) is 19.5 Å². The summed E-state index contributed by atoms with van der Waals surface area (Å²) in [4.78, 5) is 0. The molecule has 88 valence electrons. The standard InChI is InChI=1S/C14H21NO/c1-16-11-14(9-3-2-4-10-14)12-5-7-13(15)8-6-12/h5-8H,2-4,9-11,15H2,1H3. The molecule has 0 amide bonds. The first-order valence-electron chi connectivity index (χ1n) is 6.12. The van der Waals surface area contributed by atoms with Crippen molar-refractivity contribution < 1.29 is 4.74 Å². The molecular weight excluding hydrogens is 198 g/mol. The molecule has 2 nitrogen and oxygen atoms in total. The number of ether oxygens (including phenoxy) is 1. The SMILES string of the molecule is COCC1(c2ccc(N)cc2)CCCCC1. The minimum absolute atomic E-state index is 0.237. The summed E-state index contributed by atoms with van der Waals surface area (Å²) < 4.78 is 5.44. The van der Waals surface area contributed by atoms with Gasteiger partial charge in [0.25, 0.3) is 0 Å². The predicted octanol–water partition coefficient (Wildman–Crippen LogP) is 3.12. The second-order valence-corrected chi connectivity index (χ2v) is 4.90. The summed E-state index contributed by atoms with van der Waals surface area (Å²) in [6.07, 6.45) is 6.47. The minimum atomic E-state index is 0.237. The van der Waals surface area contributed by atoms with Gasteiger partial charge in [0, 0.05) is 18.2 Å². The molecule has 0 spiro atoms. The van der Waals surface area contributed by atoms with E-state index < -0.39 is 0 Å². The molecule has 16 heavy (non-hydrogen) atoms. The van der Waals surface area contributed by atoms with Crippen LogP contribution in [0.15, 0.2) is 24.3 Å². The van der Waals surface area contributed by atoms with Crippen molar-refractivity contribution in [1.82, 2.24) is 0 Å². The van der Waals surface area contributed by atoms with Crippen LogP contribution >= 0.6 is 0 Å². The maximum atomic E-state index is 5.74. The van der Waals surface area contributed by atoms with Gasteiger partial charge >= 0.3 is 0 Å². The van der Waals surface area contributed by atoms with Crippen LogP contribution in [0.25, 0.3) is 0 Å². The fourth-order valence-corrected chi connectivity index (χ4v) is 2.86. The van der Waals surface area contributed by atoms with E-state index in [1.807, 2.05) is 12.1 Å². The summed E-state index contributed by atoms with van der Waals surface area (Å²) in [5, 5.41) is 0. The molecule has 1 aromatic rings. The lowest BCUT2D eigenvalue weighted by Crippen LogP contribution is -2.33. The molecule has 1 aromatic carbocycles. The summed E-state index contributed by atoms with van der Waals surface area (Å²) >= 11 is 0. The molecule has 0 bridgehead atoms. The summed E-state index contributed by atoms with van der Waals surface area (Å²) in [6.45, 7) is 0.830. The summed E-state index contributed by atoms with van der Waals surface area (Å²) in [5.74, 6) is 0. The Kier molecular flexibility index (Phi) is 3.49. The van der Waals surface area contributed by atoms with E-state index in [0.29, 0.717) is 0 Å². The largest absolute Gasteiger partial charge is 0.399 e. The van der Waals surface area contributed by atoms with Gasteiger partial charge in [-0.1, -0.05) is 31.4 Å². The lowest BCUT2D eigenvalue weighted by molar-refractivity contribution is 0.103. The molecule has 1 aliphatic carbocycles. The third-order valence-corrected chi connectivity index (χ3v) is 3.75. The van der Waals surface area contributed by atoms with Crippen molar-refractivity contribution in [1.29, 1.82) is 0 Å². The molecule has 1 saturated carbocycles. The predicted molar refractivity (Wildman–Crippen MR) is 67.5 cm³/mol. The van der Waals surface area contributed by atoms with Gasteiger partial charge in [0.05, 0.1) is 6.61 Å². The van der Waals surface area contributed by atoms with Gasteiger partial charge in [-0.3, -0.25) is 0 Å². The van der Waals surface area contributed by atoms with Gasteiger partial charge in [0.2, 0.25) is 0 Å². The zero-order valence-corrected chi connectivity index (χ0v) is 10.0. The summed E-state index contributed by atoms with van der Waals surface area (Å²) in [7, 11) is 1.80. The maximum Gasteiger partial charge on any atom is 0.0559 e. The van der Waals surface area contributed by atoms with E-state index >= 15 is 0 Å². The summed E-state index contributed by atoms with van der Waals surface area (Å²) in [5.41, 5.74) is 8.21. The van der Waals surface area contributed by atoms with Crippen molar-refractivity contribution in [2.45, 2.75) is 37.5 Å². The first-order valence-corrected chi connectivity index (χ1v) is 6.12. The topological polar surface area (TPSA) is 35.2 Å². The number of rotatable bonds is 3. The van der Waals surface area contributed by atoms with Crippen LogP contribution < -0.4 is 5.73 Å². The molecule has 2 rings (SSSR count). The van der Waals surface area contributed by atoms with Crippen molar-refractivity contribution in [3.8, 4) is 0 Å². The highest BCUT2D eigenvalue weighted by Crippen LogP contribution is 2.39. The third-order valence-electron chi connectivity index (χ3n) is 3.75. The first kappa shape index (κ1) is 11.5. The maximum absolute atomic E-state index is 5.74. The van der Waals surface area contributed by atoms with Gasteiger partial charge in [0.15, 0.2) is 0 Å². The normalized spacial score (nSPS) is 19.6. The molecule has 2 N–H and O–H groups in total. The Bertz CT molecular complexity index is 320. The van der Waals surface area contributed by atoms with Gasteiger partial charge < -0.3 is 10.5 Å². The Morgan fingerprint density at radius 3 is 2.31 bits per heavy atom. The zero-order chi connectivity index (χ0) is 11.4. The van der Waals surface area contributed by atoms with Crippen molar-refractivity contribution >= 4 is 5.69 Å². The van der Waals surface area contributed by atoms with Gasteiger partial charge in [-0.25, -0.2) is 0 Å². The average Bonchev–Trinajstić information content (AvgIpc) is 2.31.